The lowest BCUT2D eigenvalue weighted by Crippen LogP contribution is -2.37. The fourth-order valence-corrected chi connectivity index (χ4v) is 5.18. The number of rotatable bonds is 5. The number of carbonyl (C=O) groups excluding carboxylic acids is 1. The van der Waals surface area contributed by atoms with Crippen LogP contribution in [0.15, 0.2) is 48.5 Å². The van der Waals surface area contributed by atoms with E-state index in [-0.39, 0.29) is 43.9 Å². The Morgan fingerprint density at radius 3 is 2.59 bits per heavy atom. The average Bonchev–Trinajstić information content (AvgIpc) is 3.40. The van der Waals surface area contributed by atoms with E-state index < -0.39 is 17.7 Å². The van der Waals surface area contributed by atoms with Crippen LogP contribution in [0.4, 0.5) is 17.6 Å². The van der Waals surface area contributed by atoms with Crippen molar-refractivity contribution in [3.05, 3.63) is 81.9 Å². The van der Waals surface area contributed by atoms with Crippen molar-refractivity contribution in [3.8, 4) is 0 Å². The van der Waals surface area contributed by atoms with E-state index in [1.165, 1.54) is 40.3 Å². The minimum atomic E-state index is -4.59. The van der Waals surface area contributed by atoms with Crippen LogP contribution in [0.25, 0.3) is 10.2 Å². The number of amides is 1. The fourth-order valence-electron chi connectivity index (χ4n) is 4.21. The fraction of sp³-hybridized carbons (Fsp3) is 0.292. The van der Waals surface area contributed by atoms with Gasteiger partial charge in [0, 0.05) is 24.9 Å². The molecule has 176 valence electrons. The van der Waals surface area contributed by atoms with Gasteiger partial charge in [-0.15, -0.1) is 11.3 Å². The molecule has 0 fully saturated rings. The molecule has 0 N–H and O–H groups in total. The van der Waals surface area contributed by atoms with E-state index in [1.54, 1.807) is 4.90 Å². The second-order valence-corrected chi connectivity index (χ2v) is 9.31. The van der Waals surface area contributed by atoms with Crippen molar-refractivity contribution >= 4 is 27.5 Å². The second-order valence-electron chi connectivity index (χ2n) is 8.20. The maximum Gasteiger partial charge on any atom is 0.435 e. The maximum absolute atomic E-state index is 13.6. The van der Waals surface area contributed by atoms with E-state index in [9.17, 15) is 22.4 Å². The van der Waals surface area contributed by atoms with E-state index in [2.05, 4.69) is 10.1 Å². The Morgan fingerprint density at radius 2 is 1.85 bits per heavy atom. The molecule has 0 saturated carbocycles. The van der Waals surface area contributed by atoms with Gasteiger partial charge in [-0.2, -0.15) is 18.3 Å². The van der Waals surface area contributed by atoms with Crippen LogP contribution >= 0.6 is 11.3 Å². The highest BCUT2D eigenvalue weighted by molar-refractivity contribution is 7.18. The van der Waals surface area contributed by atoms with Crippen LogP contribution in [-0.2, 0) is 36.9 Å². The Labute approximate surface area is 196 Å². The number of hydrogen-bond donors (Lipinski definition) is 0. The molecule has 5 rings (SSSR count). The minimum Gasteiger partial charge on any atom is -0.336 e. The third-order valence-electron chi connectivity index (χ3n) is 5.90. The van der Waals surface area contributed by atoms with Crippen molar-refractivity contribution in [3.63, 3.8) is 0 Å². The van der Waals surface area contributed by atoms with Crippen molar-refractivity contribution in [2.24, 2.45) is 0 Å². The standard InChI is InChI=1S/C24H20F4N4OS/c25-16-7-5-15(6-8-16)13-32-19-14-31(12-11-17(19)23(30-32)24(26,27)28)22(33)10-9-21-29-18-3-1-2-4-20(18)34-21/h1-8H,9-14H2. The first-order valence-electron chi connectivity index (χ1n) is 10.8. The van der Waals surface area contributed by atoms with E-state index in [4.69, 9.17) is 0 Å². The van der Waals surface area contributed by atoms with E-state index in [1.807, 2.05) is 24.3 Å². The van der Waals surface area contributed by atoms with Gasteiger partial charge in [0.25, 0.3) is 0 Å². The summed E-state index contributed by atoms with van der Waals surface area (Å²) in [6.07, 6.45) is -3.80. The number of thiazole rings is 1. The molecule has 0 saturated heterocycles. The van der Waals surface area contributed by atoms with Crippen molar-refractivity contribution < 1.29 is 22.4 Å². The lowest BCUT2D eigenvalue weighted by Gasteiger charge is -2.28. The molecule has 2 aromatic heterocycles. The molecule has 0 radical (unpaired) electrons. The molecule has 0 unspecified atom stereocenters. The van der Waals surface area contributed by atoms with E-state index in [0.29, 0.717) is 17.7 Å². The normalized spacial score (nSPS) is 13.9. The van der Waals surface area contributed by atoms with Gasteiger partial charge in [-0.25, -0.2) is 9.37 Å². The number of alkyl halides is 3. The highest BCUT2D eigenvalue weighted by Crippen LogP contribution is 2.35. The summed E-state index contributed by atoms with van der Waals surface area (Å²) in [5, 5.41) is 4.70. The van der Waals surface area contributed by atoms with Gasteiger partial charge in [0.2, 0.25) is 5.91 Å². The average molecular weight is 489 g/mol. The number of carbonyl (C=O) groups is 1. The quantitative estimate of drug-likeness (QED) is 0.362. The summed E-state index contributed by atoms with van der Waals surface area (Å²) < 4.78 is 56.4. The van der Waals surface area contributed by atoms with Crippen molar-refractivity contribution in [1.29, 1.82) is 0 Å². The Bertz CT molecular complexity index is 1310. The Kier molecular flexibility index (Phi) is 5.85. The SMILES string of the molecule is O=C(CCc1nc2ccccc2s1)N1CCc2c(C(F)(F)F)nn(Cc3ccc(F)cc3)c2C1. The lowest BCUT2D eigenvalue weighted by atomic mass is 10.0. The molecule has 4 aromatic rings. The molecular weight excluding hydrogens is 468 g/mol. The van der Waals surface area contributed by atoms with E-state index in [0.717, 1.165) is 15.2 Å². The van der Waals surface area contributed by atoms with Gasteiger partial charge < -0.3 is 4.90 Å². The molecule has 1 amide bonds. The van der Waals surface area contributed by atoms with Gasteiger partial charge >= 0.3 is 6.18 Å². The molecule has 1 aliphatic rings. The largest absolute Gasteiger partial charge is 0.435 e. The van der Waals surface area contributed by atoms with E-state index >= 15 is 0 Å². The van der Waals surface area contributed by atoms with Gasteiger partial charge in [0.1, 0.15) is 5.82 Å². The Balaban J connectivity index is 1.34. The number of hydrogen-bond acceptors (Lipinski definition) is 4. The highest BCUT2D eigenvalue weighted by Gasteiger charge is 2.40. The summed E-state index contributed by atoms with van der Waals surface area (Å²) in [5.41, 5.74) is 1.11. The summed E-state index contributed by atoms with van der Waals surface area (Å²) in [5.74, 6) is -0.555. The van der Waals surface area contributed by atoms with Crippen molar-refractivity contribution in [1.82, 2.24) is 19.7 Å². The lowest BCUT2D eigenvalue weighted by molar-refractivity contribution is -0.142. The zero-order chi connectivity index (χ0) is 23.9. The number of halogens is 4. The van der Waals surface area contributed by atoms with Gasteiger partial charge in [0.15, 0.2) is 5.69 Å². The number of aryl methyl sites for hydroxylation is 1. The van der Waals surface area contributed by atoms with Crippen molar-refractivity contribution in [2.45, 2.75) is 38.5 Å². The third-order valence-corrected chi connectivity index (χ3v) is 6.99. The second kappa shape index (κ2) is 8.83. The van der Waals surface area contributed by atoms with Crippen LogP contribution in [0.5, 0.6) is 0 Å². The van der Waals surface area contributed by atoms with Crippen LogP contribution in [0, 0.1) is 5.82 Å². The topological polar surface area (TPSA) is 51.0 Å². The molecule has 0 atom stereocenters. The van der Waals surface area contributed by atoms with Crippen LogP contribution in [0.2, 0.25) is 0 Å². The number of para-hydroxylation sites is 1. The van der Waals surface area contributed by atoms with Crippen LogP contribution in [0.1, 0.15) is 33.9 Å². The highest BCUT2D eigenvalue weighted by atomic mass is 32.1. The maximum atomic E-state index is 13.6. The molecule has 34 heavy (non-hydrogen) atoms. The Hall–Kier alpha value is -3.27. The minimum absolute atomic E-state index is 0.0539. The number of aromatic nitrogens is 3. The molecule has 0 bridgehead atoms. The zero-order valence-electron chi connectivity index (χ0n) is 18.0. The smallest absolute Gasteiger partial charge is 0.336 e. The molecule has 2 aromatic carbocycles. The predicted octanol–water partition coefficient (Wildman–Crippen LogP) is 5.22. The van der Waals surface area contributed by atoms with Crippen LogP contribution in [-0.4, -0.2) is 32.1 Å². The molecule has 0 aliphatic carbocycles. The van der Waals surface area contributed by atoms with Crippen LogP contribution < -0.4 is 0 Å². The molecular formula is C24H20F4N4OS. The first kappa shape index (κ1) is 22.5. The molecule has 3 heterocycles. The van der Waals surface area contributed by atoms with Gasteiger partial charge in [-0.3, -0.25) is 9.48 Å². The molecule has 1 aliphatic heterocycles. The first-order chi connectivity index (χ1) is 16.3. The van der Waals surface area contributed by atoms with Gasteiger partial charge in [-0.1, -0.05) is 24.3 Å². The number of fused-ring (bicyclic) bond motifs is 2. The summed E-state index contributed by atoms with van der Waals surface area (Å²) in [6.45, 7) is 0.321. The molecule has 0 spiro atoms. The molecule has 5 nitrogen and oxygen atoms in total. The first-order valence-corrected chi connectivity index (χ1v) is 11.6. The predicted molar refractivity (Wildman–Crippen MR) is 120 cm³/mol. The monoisotopic (exact) mass is 488 g/mol. The summed E-state index contributed by atoms with van der Waals surface area (Å²) in [7, 11) is 0. The summed E-state index contributed by atoms with van der Waals surface area (Å²) >= 11 is 1.54. The Morgan fingerprint density at radius 1 is 1.09 bits per heavy atom. The van der Waals surface area contributed by atoms with Gasteiger partial charge in [0.05, 0.1) is 34.0 Å². The van der Waals surface area contributed by atoms with Crippen molar-refractivity contribution in [2.75, 3.05) is 6.54 Å². The number of benzene rings is 2. The molecule has 10 heteroatoms. The van der Waals surface area contributed by atoms with Crippen LogP contribution in [0.3, 0.4) is 0 Å². The number of nitrogens with zero attached hydrogens (tertiary/aromatic N) is 4. The summed E-state index contributed by atoms with van der Waals surface area (Å²) in [4.78, 5) is 19.0. The zero-order valence-corrected chi connectivity index (χ0v) is 18.8. The summed E-state index contributed by atoms with van der Waals surface area (Å²) in [6, 6.07) is 13.3. The van der Waals surface area contributed by atoms with Gasteiger partial charge in [-0.05, 0) is 36.2 Å². The third kappa shape index (κ3) is 4.54.